The highest BCUT2D eigenvalue weighted by Crippen LogP contribution is 2.20. The van der Waals surface area contributed by atoms with Gasteiger partial charge in [-0.3, -0.25) is 5.41 Å². The highest BCUT2D eigenvalue weighted by atomic mass is 16.5. The van der Waals surface area contributed by atoms with Crippen LogP contribution in [0.4, 0.5) is 0 Å². The molecule has 76 valence electrons. The van der Waals surface area contributed by atoms with E-state index in [4.69, 9.17) is 14.9 Å². The molecule has 0 amide bonds. The van der Waals surface area contributed by atoms with Crippen molar-refractivity contribution in [1.29, 1.82) is 5.41 Å². The second kappa shape index (κ2) is 4.65. The van der Waals surface area contributed by atoms with E-state index in [9.17, 15) is 0 Å². The van der Waals surface area contributed by atoms with Gasteiger partial charge in [-0.1, -0.05) is 12.1 Å². The minimum atomic E-state index is 0.130. The Morgan fingerprint density at radius 3 is 2.71 bits per heavy atom. The number of nitrogens with one attached hydrogen (secondary N) is 1. The van der Waals surface area contributed by atoms with E-state index in [0.717, 1.165) is 11.3 Å². The molecular weight excluding hydrogens is 178 g/mol. The van der Waals surface area contributed by atoms with Gasteiger partial charge in [-0.05, 0) is 31.0 Å². The summed E-state index contributed by atoms with van der Waals surface area (Å²) in [4.78, 5) is 0. The molecule has 0 saturated heterocycles. The first-order valence-corrected chi connectivity index (χ1v) is 4.45. The van der Waals surface area contributed by atoms with Gasteiger partial charge in [0, 0.05) is 0 Å². The van der Waals surface area contributed by atoms with Crippen LogP contribution in [0.3, 0.4) is 0 Å². The lowest BCUT2D eigenvalue weighted by molar-refractivity contribution is 0.308. The molecule has 0 atom stereocenters. The summed E-state index contributed by atoms with van der Waals surface area (Å²) in [6, 6.07) is 5.86. The summed E-state index contributed by atoms with van der Waals surface area (Å²) in [5.74, 6) is 0.942. The average Bonchev–Trinajstić information content (AvgIpc) is 2.20. The third-order valence-corrected chi connectivity index (χ3v) is 2.16. The molecule has 0 heterocycles. The van der Waals surface area contributed by atoms with Crippen LogP contribution < -0.4 is 4.74 Å². The Bertz CT molecular complexity index is 334. The van der Waals surface area contributed by atoms with Crippen molar-refractivity contribution in [3.63, 3.8) is 0 Å². The van der Waals surface area contributed by atoms with Crippen LogP contribution in [0.2, 0.25) is 0 Å². The lowest BCUT2D eigenvalue weighted by Crippen LogP contribution is -2.12. The third-order valence-electron chi connectivity index (χ3n) is 2.16. The maximum atomic E-state index is 7.26. The van der Waals surface area contributed by atoms with Crippen LogP contribution in [-0.4, -0.2) is 19.6 Å². The van der Waals surface area contributed by atoms with Crippen LogP contribution >= 0.6 is 0 Å². The molecule has 1 N–H and O–H groups in total. The van der Waals surface area contributed by atoms with E-state index < -0.39 is 0 Å². The van der Waals surface area contributed by atoms with E-state index in [0.29, 0.717) is 0 Å². The van der Waals surface area contributed by atoms with E-state index in [2.05, 4.69) is 0 Å². The van der Waals surface area contributed by atoms with Crippen molar-refractivity contribution < 1.29 is 9.47 Å². The van der Waals surface area contributed by atoms with Gasteiger partial charge in [0.25, 0.3) is 0 Å². The van der Waals surface area contributed by atoms with Crippen molar-refractivity contribution in [2.75, 3.05) is 13.7 Å². The molecule has 14 heavy (non-hydrogen) atoms. The zero-order valence-electron chi connectivity index (χ0n) is 8.76. The van der Waals surface area contributed by atoms with Crippen molar-refractivity contribution >= 4 is 5.90 Å². The minimum Gasteiger partial charge on any atom is -0.484 e. The Labute approximate surface area is 84.2 Å². The number of ether oxygens (including phenoxy) is 2. The minimum absolute atomic E-state index is 0.130. The predicted molar refractivity (Wildman–Crippen MR) is 56.1 cm³/mol. The van der Waals surface area contributed by atoms with Gasteiger partial charge in [-0.25, -0.2) is 0 Å². The number of rotatable bonds is 3. The lowest BCUT2D eigenvalue weighted by Gasteiger charge is -2.10. The van der Waals surface area contributed by atoms with Crippen LogP contribution in [0.25, 0.3) is 0 Å². The van der Waals surface area contributed by atoms with Crippen molar-refractivity contribution in [3.8, 4) is 5.75 Å². The van der Waals surface area contributed by atoms with Gasteiger partial charge in [0.2, 0.25) is 5.90 Å². The van der Waals surface area contributed by atoms with Gasteiger partial charge in [0.1, 0.15) is 5.75 Å². The molecule has 0 aromatic heterocycles. The third kappa shape index (κ3) is 2.49. The summed E-state index contributed by atoms with van der Waals surface area (Å²) in [7, 11) is 1.47. The zero-order chi connectivity index (χ0) is 10.6. The predicted octanol–water partition coefficient (Wildman–Crippen LogP) is 2.31. The number of hydrogen-bond donors (Lipinski definition) is 1. The molecule has 0 radical (unpaired) electrons. The van der Waals surface area contributed by atoms with Crippen molar-refractivity contribution in [1.82, 2.24) is 0 Å². The van der Waals surface area contributed by atoms with Crippen molar-refractivity contribution in [2.45, 2.75) is 13.8 Å². The Kier molecular flexibility index (Phi) is 3.51. The lowest BCUT2D eigenvalue weighted by atomic mass is 10.1. The highest BCUT2D eigenvalue weighted by Gasteiger charge is 2.02. The number of hydrogen-bond acceptors (Lipinski definition) is 3. The van der Waals surface area contributed by atoms with Crippen LogP contribution in [0.1, 0.15) is 11.1 Å². The molecule has 0 aliphatic carbocycles. The molecular formula is C11H15NO2. The summed E-state index contributed by atoms with van der Waals surface area (Å²) in [6.07, 6.45) is 0. The molecule has 0 aliphatic heterocycles. The first-order chi connectivity index (χ1) is 6.65. The van der Waals surface area contributed by atoms with Gasteiger partial charge in [-0.2, -0.15) is 0 Å². The van der Waals surface area contributed by atoms with Crippen LogP contribution in [0, 0.1) is 19.3 Å². The first-order valence-electron chi connectivity index (χ1n) is 4.45. The fourth-order valence-corrected chi connectivity index (χ4v) is 1.08. The summed E-state index contributed by atoms with van der Waals surface area (Å²) in [5, 5.41) is 7.26. The Balaban J connectivity index is 2.68. The standard InChI is InChI=1S/C11H15NO2/c1-8-5-4-6-10(9(8)2)14-7-11(12)13-3/h4-6,12H,7H2,1-3H3. The fraction of sp³-hybridized carbons (Fsp3) is 0.364. The molecule has 1 aromatic carbocycles. The van der Waals surface area contributed by atoms with Gasteiger partial charge in [-0.15, -0.1) is 0 Å². The molecule has 0 aliphatic rings. The number of methoxy groups -OCH3 is 1. The Morgan fingerprint density at radius 2 is 2.07 bits per heavy atom. The quantitative estimate of drug-likeness (QED) is 0.591. The average molecular weight is 193 g/mol. The monoisotopic (exact) mass is 193 g/mol. The van der Waals surface area contributed by atoms with E-state index in [1.165, 1.54) is 12.7 Å². The van der Waals surface area contributed by atoms with E-state index in [-0.39, 0.29) is 12.5 Å². The maximum Gasteiger partial charge on any atom is 0.219 e. The Hall–Kier alpha value is -1.51. The molecule has 0 saturated carbocycles. The van der Waals surface area contributed by atoms with Crippen molar-refractivity contribution in [2.24, 2.45) is 0 Å². The van der Waals surface area contributed by atoms with Gasteiger partial charge < -0.3 is 9.47 Å². The van der Waals surface area contributed by atoms with E-state index >= 15 is 0 Å². The SMILES string of the molecule is COC(=N)COc1cccc(C)c1C. The second-order valence-corrected chi connectivity index (χ2v) is 3.11. The summed E-state index contributed by atoms with van der Waals surface area (Å²) in [6.45, 7) is 4.21. The number of aryl methyl sites for hydroxylation is 1. The first kappa shape index (κ1) is 10.6. The largest absolute Gasteiger partial charge is 0.484 e. The normalized spacial score (nSPS) is 9.64. The molecule has 3 nitrogen and oxygen atoms in total. The van der Waals surface area contributed by atoms with Crippen LogP contribution in [0.15, 0.2) is 18.2 Å². The van der Waals surface area contributed by atoms with E-state index in [1.807, 2.05) is 32.0 Å². The molecule has 1 aromatic rings. The second-order valence-electron chi connectivity index (χ2n) is 3.11. The molecule has 0 fully saturated rings. The number of benzene rings is 1. The molecule has 1 rings (SSSR count). The van der Waals surface area contributed by atoms with Gasteiger partial charge in [0.05, 0.1) is 7.11 Å². The Morgan fingerprint density at radius 1 is 1.36 bits per heavy atom. The van der Waals surface area contributed by atoms with Gasteiger partial charge in [0.15, 0.2) is 6.61 Å². The summed E-state index contributed by atoms with van der Waals surface area (Å²) >= 11 is 0. The molecule has 3 heteroatoms. The van der Waals surface area contributed by atoms with Gasteiger partial charge >= 0.3 is 0 Å². The van der Waals surface area contributed by atoms with Crippen LogP contribution in [0.5, 0.6) is 5.75 Å². The molecule has 0 unspecified atom stereocenters. The summed E-state index contributed by atoms with van der Waals surface area (Å²) < 4.78 is 10.1. The zero-order valence-corrected chi connectivity index (χ0v) is 8.76. The summed E-state index contributed by atoms with van der Waals surface area (Å²) in [5.41, 5.74) is 2.29. The smallest absolute Gasteiger partial charge is 0.219 e. The molecule has 0 bridgehead atoms. The van der Waals surface area contributed by atoms with Crippen LogP contribution in [-0.2, 0) is 4.74 Å². The molecule has 0 spiro atoms. The fourth-order valence-electron chi connectivity index (χ4n) is 1.08. The topological polar surface area (TPSA) is 42.3 Å². The van der Waals surface area contributed by atoms with E-state index in [1.54, 1.807) is 0 Å². The highest BCUT2D eigenvalue weighted by molar-refractivity contribution is 5.74. The van der Waals surface area contributed by atoms with Crippen molar-refractivity contribution in [3.05, 3.63) is 29.3 Å². The maximum absolute atomic E-state index is 7.26.